The zero-order chi connectivity index (χ0) is 16.9. The number of pyridine rings is 1. The van der Waals surface area contributed by atoms with E-state index in [-0.39, 0.29) is 5.91 Å². The number of rotatable bonds is 5. The van der Waals surface area contributed by atoms with Crippen molar-refractivity contribution in [2.24, 2.45) is 0 Å². The summed E-state index contributed by atoms with van der Waals surface area (Å²) in [6, 6.07) is 18.4. The van der Waals surface area contributed by atoms with Crippen LogP contribution in [0.3, 0.4) is 0 Å². The lowest BCUT2D eigenvalue weighted by atomic mass is 10.0. The molecule has 3 aromatic rings. The third-order valence-corrected chi connectivity index (χ3v) is 3.92. The van der Waals surface area contributed by atoms with Crippen LogP contribution < -0.4 is 5.32 Å². The Morgan fingerprint density at radius 2 is 1.92 bits per heavy atom. The summed E-state index contributed by atoms with van der Waals surface area (Å²) in [6.07, 6.45) is 1.70. The highest BCUT2D eigenvalue weighted by Gasteiger charge is 2.09. The van der Waals surface area contributed by atoms with E-state index < -0.39 is 0 Å². The molecule has 0 aliphatic carbocycles. The predicted molar refractivity (Wildman–Crippen MR) is 97.9 cm³/mol. The lowest BCUT2D eigenvalue weighted by molar-refractivity contribution is -0.117. The van der Waals surface area contributed by atoms with Gasteiger partial charge < -0.3 is 5.32 Å². The first-order valence-corrected chi connectivity index (χ1v) is 7.99. The molecule has 0 aliphatic heterocycles. The molecule has 0 aliphatic rings. The van der Waals surface area contributed by atoms with Gasteiger partial charge in [0.15, 0.2) is 0 Å². The Morgan fingerprint density at radius 3 is 2.75 bits per heavy atom. The number of hydrogen-bond acceptors (Lipinski definition) is 3. The lowest BCUT2D eigenvalue weighted by Crippen LogP contribution is -2.30. The number of benzene rings is 2. The van der Waals surface area contributed by atoms with Gasteiger partial charge in [0.05, 0.1) is 6.54 Å². The third kappa shape index (κ3) is 3.97. The minimum absolute atomic E-state index is 0.0594. The molecule has 0 saturated heterocycles. The van der Waals surface area contributed by atoms with Crippen molar-refractivity contribution in [1.82, 2.24) is 9.88 Å². The Morgan fingerprint density at radius 1 is 1.12 bits per heavy atom. The third-order valence-electron chi connectivity index (χ3n) is 3.92. The van der Waals surface area contributed by atoms with Crippen LogP contribution in [0.1, 0.15) is 11.1 Å². The van der Waals surface area contributed by atoms with E-state index >= 15 is 0 Å². The van der Waals surface area contributed by atoms with Gasteiger partial charge in [-0.15, -0.1) is 0 Å². The molecular formula is C20H21N3O. The first-order chi connectivity index (χ1) is 11.6. The SMILES string of the molecule is Cc1ccnc(NC(=O)CN(C)Cc2cccc3ccccc23)c1. The molecule has 0 fully saturated rings. The Hall–Kier alpha value is -2.72. The molecule has 4 heteroatoms. The fraction of sp³-hybridized carbons (Fsp3) is 0.200. The maximum atomic E-state index is 12.2. The molecule has 1 amide bonds. The number of fused-ring (bicyclic) bond motifs is 1. The van der Waals surface area contributed by atoms with Gasteiger partial charge in [-0.2, -0.15) is 0 Å². The molecule has 0 saturated carbocycles. The molecular weight excluding hydrogens is 298 g/mol. The highest BCUT2D eigenvalue weighted by atomic mass is 16.2. The fourth-order valence-corrected chi connectivity index (χ4v) is 2.81. The Kier molecular flexibility index (Phi) is 4.87. The Labute approximate surface area is 142 Å². The first-order valence-electron chi connectivity index (χ1n) is 7.99. The smallest absolute Gasteiger partial charge is 0.239 e. The van der Waals surface area contributed by atoms with E-state index in [1.165, 1.54) is 16.3 Å². The quantitative estimate of drug-likeness (QED) is 0.781. The van der Waals surface area contributed by atoms with Crippen molar-refractivity contribution in [2.45, 2.75) is 13.5 Å². The lowest BCUT2D eigenvalue weighted by Gasteiger charge is -2.17. The molecule has 122 valence electrons. The molecule has 0 spiro atoms. The van der Waals surface area contributed by atoms with Crippen molar-refractivity contribution in [1.29, 1.82) is 0 Å². The summed E-state index contributed by atoms with van der Waals surface area (Å²) in [7, 11) is 1.95. The van der Waals surface area contributed by atoms with E-state index in [0.717, 1.165) is 12.1 Å². The van der Waals surface area contributed by atoms with E-state index in [4.69, 9.17) is 0 Å². The largest absolute Gasteiger partial charge is 0.310 e. The van der Waals surface area contributed by atoms with Crippen molar-refractivity contribution in [3.63, 3.8) is 0 Å². The van der Waals surface area contributed by atoms with E-state index in [9.17, 15) is 4.79 Å². The zero-order valence-electron chi connectivity index (χ0n) is 14.0. The second-order valence-corrected chi connectivity index (χ2v) is 6.08. The van der Waals surface area contributed by atoms with E-state index in [2.05, 4.69) is 40.6 Å². The van der Waals surface area contributed by atoms with Gasteiger partial charge in [0.1, 0.15) is 5.82 Å². The average molecular weight is 319 g/mol. The van der Waals surface area contributed by atoms with Crippen LogP contribution in [0.15, 0.2) is 60.8 Å². The second kappa shape index (κ2) is 7.23. The van der Waals surface area contributed by atoms with Crippen LogP contribution in [0.4, 0.5) is 5.82 Å². The van der Waals surface area contributed by atoms with E-state index in [1.54, 1.807) is 6.20 Å². The second-order valence-electron chi connectivity index (χ2n) is 6.08. The Balaban J connectivity index is 1.64. The van der Waals surface area contributed by atoms with E-state index in [1.807, 2.05) is 43.1 Å². The van der Waals surface area contributed by atoms with Crippen LogP contribution in [-0.4, -0.2) is 29.4 Å². The number of aromatic nitrogens is 1. The van der Waals surface area contributed by atoms with Crippen LogP contribution in [0.25, 0.3) is 10.8 Å². The van der Waals surface area contributed by atoms with Crippen molar-refractivity contribution >= 4 is 22.5 Å². The first kappa shape index (κ1) is 16.1. The molecule has 4 nitrogen and oxygen atoms in total. The van der Waals surface area contributed by atoms with Crippen molar-refractivity contribution in [3.8, 4) is 0 Å². The highest BCUT2D eigenvalue weighted by molar-refractivity contribution is 5.91. The van der Waals surface area contributed by atoms with Gasteiger partial charge in [0.25, 0.3) is 0 Å². The Bertz CT molecular complexity index is 855. The van der Waals surface area contributed by atoms with Gasteiger partial charge in [-0.05, 0) is 48.0 Å². The van der Waals surface area contributed by atoms with Crippen LogP contribution in [-0.2, 0) is 11.3 Å². The summed E-state index contributed by atoms with van der Waals surface area (Å²) in [5.41, 5.74) is 2.29. The van der Waals surface area contributed by atoms with Gasteiger partial charge in [0.2, 0.25) is 5.91 Å². The number of carbonyl (C=O) groups is 1. The topological polar surface area (TPSA) is 45.2 Å². The van der Waals surface area contributed by atoms with Crippen LogP contribution in [0.2, 0.25) is 0 Å². The summed E-state index contributed by atoms with van der Waals surface area (Å²) in [5, 5.41) is 5.29. The van der Waals surface area contributed by atoms with Gasteiger partial charge in [-0.25, -0.2) is 4.98 Å². The highest BCUT2D eigenvalue weighted by Crippen LogP contribution is 2.19. The number of anilines is 1. The maximum absolute atomic E-state index is 12.2. The molecule has 1 aromatic heterocycles. The molecule has 0 bridgehead atoms. The molecule has 1 N–H and O–H groups in total. The van der Waals surface area contributed by atoms with Gasteiger partial charge in [0, 0.05) is 12.7 Å². The molecule has 2 aromatic carbocycles. The minimum Gasteiger partial charge on any atom is -0.310 e. The number of nitrogens with zero attached hydrogens (tertiary/aromatic N) is 2. The summed E-state index contributed by atoms with van der Waals surface area (Å²) >= 11 is 0. The standard InChI is InChI=1S/C20H21N3O/c1-15-10-11-21-19(12-15)22-20(24)14-23(2)13-17-8-5-7-16-6-3-4-9-18(16)17/h3-12H,13-14H2,1-2H3,(H,21,22,24). The summed E-state index contributed by atoms with van der Waals surface area (Å²) in [5.74, 6) is 0.536. The fourth-order valence-electron chi connectivity index (χ4n) is 2.81. The molecule has 0 atom stereocenters. The van der Waals surface area contributed by atoms with Gasteiger partial charge >= 0.3 is 0 Å². The van der Waals surface area contributed by atoms with E-state index in [0.29, 0.717) is 12.4 Å². The maximum Gasteiger partial charge on any atom is 0.239 e. The van der Waals surface area contributed by atoms with Gasteiger partial charge in [-0.1, -0.05) is 42.5 Å². The number of nitrogens with one attached hydrogen (secondary N) is 1. The van der Waals surface area contributed by atoms with Crippen molar-refractivity contribution < 1.29 is 4.79 Å². The van der Waals surface area contributed by atoms with Crippen molar-refractivity contribution in [3.05, 3.63) is 71.9 Å². The zero-order valence-corrected chi connectivity index (χ0v) is 14.0. The normalized spacial score (nSPS) is 11.0. The molecule has 1 heterocycles. The van der Waals surface area contributed by atoms with Crippen LogP contribution >= 0.6 is 0 Å². The number of carbonyl (C=O) groups excluding carboxylic acids is 1. The summed E-state index contributed by atoms with van der Waals surface area (Å²) < 4.78 is 0. The molecule has 3 rings (SSSR count). The molecule has 0 radical (unpaired) electrons. The predicted octanol–water partition coefficient (Wildman–Crippen LogP) is 3.61. The van der Waals surface area contributed by atoms with Crippen LogP contribution in [0, 0.1) is 6.92 Å². The number of likely N-dealkylation sites (N-methyl/N-ethyl adjacent to an activating group) is 1. The number of amides is 1. The average Bonchev–Trinajstić information content (AvgIpc) is 2.55. The molecule has 0 unspecified atom stereocenters. The van der Waals surface area contributed by atoms with Crippen LogP contribution in [0.5, 0.6) is 0 Å². The number of hydrogen-bond donors (Lipinski definition) is 1. The summed E-state index contributed by atoms with van der Waals surface area (Å²) in [6.45, 7) is 3.01. The number of aryl methyl sites for hydroxylation is 1. The monoisotopic (exact) mass is 319 g/mol. The molecule has 24 heavy (non-hydrogen) atoms. The minimum atomic E-state index is -0.0594. The summed E-state index contributed by atoms with van der Waals surface area (Å²) in [4.78, 5) is 18.4. The van der Waals surface area contributed by atoms with Crippen molar-refractivity contribution in [2.75, 3.05) is 18.9 Å². The van der Waals surface area contributed by atoms with Gasteiger partial charge in [-0.3, -0.25) is 9.69 Å².